The standard InChI is InChI=1S/C25H28ClN5O3/c1-15(27)12-17-14-22(29-34-17)25(33)31-10-8-30(9-11-31)24(32)16-6-7-19-21(13-16)28-20-5-3-2-4-18(20)23(19)26/h6-7,13-15H,2-5,8-12,27H2,1H3. The Morgan fingerprint density at radius 3 is 2.53 bits per heavy atom. The molecule has 1 fully saturated rings. The molecule has 2 aliphatic rings. The number of carbonyl (C=O) groups excluding carboxylic acids is 2. The van der Waals surface area contributed by atoms with Crippen LogP contribution in [0.15, 0.2) is 28.8 Å². The topological polar surface area (TPSA) is 106 Å². The van der Waals surface area contributed by atoms with Crippen molar-refractivity contribution in [2.24, 2.45) is 5.73 Å². The van der Waals surface area contributed by atoms with E-state index in [9.17, 15) is 9.59 Å². The van der Waals surface area contributed by atoms with Gasteiger partial charge < -0.3 is 20.1 Å². The first-order valence-electron chi connectivity index (χ1n) is 11.8. The van der Waals surface area contributed by atoms with Crippen molar-refractivity contribution in [3.63, 3.8) is 0 Å². The third-order valence-corrected chi connectivity index (χ3v) is 7.03. The number of benzene rings is 1. The fourth-order valence-corrected chi connectivity index (χ4v) is 5.15. The van der Waals surface area contributed by atoms with Gasteiger partial charge in [0, 0.05) is 61.4 Å². The van der Waals surface area contributed by atoms with Crippen LogP contribution in [0.1, 0.15) is 57.6 Å². The maximum absolute atomic E-state index is 13.2. The van der Waals surface area contributed by atoms with Gasteiger partial charge in [0.1, 0.15) is 5.76 Å². The lowest BCUT2D eigenvalue weighted by molar-refractivity contribution is 0.0530. The molecule has 2 N–H and O–H groups in total. The first kappa shape index (κ1) is 22.8. The lowest BCUT2D eigenvalue weighted by atomic mass is 9.94. The molecule has 0 bridgehead atoms. The summed E-state index contributed by atoms with van der Waals surface area (Å²) in [5.41, 5.74) is 9.61. The number of pyridine rings is 1. The lowest BCUT2D eigenvalue weighted by Crippen LogP contribution is -2.50. The summed E-state index contributed by atoms with van der Waals surface area (Å²) in [7, 11) is 0. The van der Waals surface area contributed by atoms with Crippen molar-refractivity contribution in [2.45, 2.75) is 45.1 Å². The number of nitrogens with zero attached hydrogens (tertiary/aromatic N) is 4. The number of rotatable bonds is 4. The van der Waals surface area contributed by atoms with Crippen molar-refractivity contribution >= 4 is 34.3 Å². The number of hydrogen-bond donors (Lipinski definition) is 1. The zero-order valence-corrected chi connectivity index (χ0v) is 20.0. The van der Waals surface area contributed by atoms with Gasteiger partial charge in [-0.25, -0.2) is 0 Å². The molecule has 1 unspecified atom stereocenters. The Balaban J connectivity index is 1.26. The maximum Gasteiger partial charge on any atom is 0.276 e. The smallest absolute Gasteiger partial charge is 0.276 e. The van der Waals surface area contributed by atoms with Gasteiger partial charge >= 0.3 is 0 Å². The van der Waals surface area contributed by atoms with Gasteiger partial charge in [-0.2, -0.15) is 0 Å². The Morgan fingerprint density at radius 1 is 1.09 bits per heavy atom. The molecule has 34 heavy (non-hydrogen) atoms. The summed E-state index contributed by atoms with van der Waals surface area (Å²) < 4.78 is 5.23. The Kier molecular flexibility index (Phi) is 6.27. The van der Waals surface area contributed by atoms with E-state index in [-0.39, 0.29) is 23.6 Å². The normalized spacial score (nSPS) is 17.0. The van der Waals surface area contributed by atoms with Crippen LogP contribution in [0.3, 0.4) is 0 Å². The summed E-state index contributed by atoms with van der Waals surface area (Å²) in [4.78, 5) is 34.3. The highest BCUT2D eigenvalue weighted by Crippen LogP contribution is 2.33. The summed E-state index contributed by atoms with van der Waals surface area (Å²) >= 11 is 6.67. The minimum Gasteiger partial charge on any atom is -0.361 e. The number of piperazine rings is 1. The van der Waals surface area contributed by atoms with Crippen molar-refractivity contribution in [3.05, 3.63) is 57.6 Å². The van der Waals surface area contributed by atoms with Crippen molar-refractivity contribution in [2.75, 3.05) is 26.2 Å². The molecule has 9 heteroatoms. The van der Waals surface area contributed by atoms with E-state index in [4.69, 9.17) is 26.8 Å². The van der Waals surface area contributed by atoms with Crippen LogP contribution < -0.4 is 5.73 Å². The van der Waals surface area contributed by atoms with Crippen LogP contribution in [0.5, 0.6) is 0 Å². The summed E-state index contributed by atoms with van der Waals surface area (Å²) in [6.45, 7) is 3.64. The highest BCUT2D eigenvalue weighted by atomic mass is 35.5. The molecule has 2 aromatic heterocycles. The van der Waals surface area contributed by atoms with Crippen LogP contribution in [0.4, 0.5) is 0 Å². The number of carbonyl (C=O) groups is 2. The number of hydrogen-bond acceptors (Lipinski definition) is 6. The van der Waals surface area contributed by atoms with Crippen LogP contribution in [0.25, 0.3) is 10.9 Å². The quantitative estimate of drug-likeness (QED) is 0.613. The number of nitrogens with two attached hydrogens (primary N) is 1. The molecule has 178 valence electrons. The average Bonchev–Trinajstić information content (AvgIpc) is 3.31. The van der Waals surface area contributed by atoms with Gasteiger partial charge in [0.05, 0.1) is 10.5 Å². The van der Waals surface area contributed by atoms with E-state index in [0.29, 0.717) is 43.9 Å². The third-order valence-electron chi connectivity index (χ3n) is 6.60. The fourth-order valence-electron chi connectivity index (χ4n) is 4.78. The molecule has 0 saturated carbocycles. The van der Waals surface area contributed by atoms with E-state index in [1.807, 2.05) is 25.1 Å². The molecule has 3 heterocycles. The van der Waals surface area contributed by atoms with Gasteiger partial charge in [-0.1, -0.05) is 22.8 Å². The van der Waals surface area contributed by atoms with E-state index >= 15 is 0 Å². The molecule has 0 radical (unpaired) electrons. The molecule has 1 aliphatic heterocycles. The van der Waals surface area contributed by atoms with Gasteiger partial charge in [0.15, 0.2) is 5.69 Å². The number of amides is 2. The molecule has 1 aromatic carbocycles. The second-order valence-corrected chi connectivity index (χ2v) is 9.61. The highest BCUT2D eigenvalue weighted by molar-refractivity contribution is 6.36. The van der Waals surface area contributed by atoms with Gasteiger partial charge in [-0.3, -0.25) is 14.6 Å². The molecule has 1 atom stereocenters. The van der Waals surface area contributed by atoms with Gasteiger partial charge in [0.25, 0.3) is 11.8 Å². The predicted molar refractivity (Wildman–Crippen MR) is 129 cm³/mol. The van der Waals surface area contributed by atoms with Gasteiger partial charge in [-0.05, 0) is 50.3 Å². The molecule has 2 amide bonds. The summed E-state index contributed by atoms with van der Waals surface area (Å²) in [6, 6.07) is 7.13. The van der Waals surface area contributed by atoms with Crippen LogP contribution in [0.2, 0.25) is 5.02 Å². The van der Waals surface area contributed by atoms with E-state index in [0.717, 1.165) is 52.9 Å². The maximum atomic E-state index is 13.2. The van der Waals surface area contributed by atoms with E-state index in [2.05, 4.69) is 5.16 Å². The number of fused-ring (bicyclic) bond motifs is 2. The zero-order chi connectivity index (χ0) is 23.8. The first-order chi connectivity index (χ1) is 16.4. The molecule has 1 saturated heterocycles. The molecule has 8 nitrogen and oxygen atoms in total. The summed E-state index contributed by atoms with van der Waals surface area (Å²) in [5.74, 6) is 0.338. The van der Waals surface area contributed by atoms with Crippen molar-refractivity contribution in [3.8, 4) is 0 Å². The molecular weight excluding hydrogens is 454 g/mol. The Morgan fingerprint density at radius 2 is 1.79 bits per heavy atom. The van der Waals surface area contributed by atoms with Crippen molar-refractivity contribution < 1.29 is 14.1 Å². The Hall–Kier alpha value is -2.97. The molecule has 1 aliphatic carbocycles. The minimum atomic E-state index is -0.193. The Bertz CT molecular complexity index is 1250. The lowest BCUT2D eigenvalue weighted by Gasteiger charge is -2.34. The van der Waals surface area contributed by atoms with E-state index < -0.39 is 0 Å². The number of halogens is 1. The Labute approximate surface area is 203 Å². The average molecular weight is 482 g/mol. The number of aromatic nitrogens is 2. The van der Waals surface area contributed by atoms with E-state index in [1.165, 1.54) is 0 Å². The van der Waals surface area contributed by atoms with Crippen LogP contribution in [0, 0.1) is 0 Å². The van der Waals surface area contributed by atoms with Gasteiger partial charge in [0.2, 0.25) is 0 Å². The summed E-state index contributed by atoms with van der Waals surface area (Å²) in [5, 5.41) is 5.55. The molecule has 3 aromatic rings. The second kappa shape index (κ2) is 9.35. The first-order valence-corrected chi connectivity index (χ1v) is 12.2. The zero-order valence-electron chi connectivity index (χ0n) is 19.2. The largest absolute Gasteiger partial charge is 0.361 e. The molecule has 0 spiro atoms. The van der Waals surface area contributed by atoms with Crippen molar-refractivity contribution in [1.29, 1.82) is 0 Å². The third kappa shape index (κ3) is 4.40. The predicted octanol–water partition coefficient (Wildman–Crippen LogP) is 3.24. The monoisotopic (exact) mass is 481 g/mol. The van der Waals surface area contributed by atoms with Gasteiger partial charge in [-0.15, -0.1) is 0 Å². The number of aryl methyl sites for hydroxylation is 1. The fraction of sp³-hybridized carbons (Fsp3) is 0.440. The summed E-state index contributed by atoms with van der Waals surface area (Å²) in [6.07, 6.45) is 4.66. The van der Waals surface area contributed by atoms with E-state index in [1.54, 1.807) is 15.9 Å². The second-order valence-electron chi connectivity index (χ2n) is 9.23. The van der Waals surface area contributed by atoms with Crippen LogP contribution in [-0.4, -0.2) is 64.0 Å². The van der Waals surface area contributed by atoms with Crippen LogP contribution >= 0.6 is 11.6 Å². The molecule has 5 rings (SSSR count). The van der Waals surface area contributed by atoms with Crippen molar-refractivity contribution in [1.82, 2.24) is 19.9 Å². The van der Waals surface area contributed by atoms with Crippen LogP contribution in [-0.2, 0) is 19.3 Å². The minimum absolute atomic E-state index is 0.0645. The highest BCUT2D eigenvalue weighted by Gasteiger charge is 2.28. The SMILES string of the molecule is CC(N)Cc1cc(C(=O)N2CCN(C(=O)c3ccc4c(Cl)c5c(nc4c3)CCCC5)CC2)no1. The molecular formula is C25H28ClN5O3.